The molecule has 100 valence electrons. The van der Waals surface area contributed by atoms with Gasteiger partial charge >= 0.3 is 5.97 Å². The van der Waals surface area contributed by atoms with Gasteiger partial charge in [-0.25, -0.2) is 14.2 Å². The number of rotatable bonds is 5. The predicted molar refractivity (Wildman–Crippen MR) is 69.4 cm³/mol. The Balaban J connectivity index is 2.01. The molecule has 7 heteroatoms. The largest absolute Gasteiger partial charge is 0.494 e. The fourth-order valence-electron chi connectivity index (χ4n) is 1.46. The molecule has 0 fully saturated rings. The maximum absolute atomic E-state index is 13.4. The van der Waals surface area contributed by atoms with Crippen LogP contribution < -0.4 is 10.1 Å². The topological polar surface area (TPSA) is 71.5 Å². The highest BCUT2D eigenvalue weighted by Gasteiger charge is 2.09. The van der Waals surface area contributed by atoms with E-state index in [0.29, 0.717) is 17.9 Å². The summed E-state index contributed by atoms with van der Waals surface area (Å²) < 4.78 is 18.2. The van der Waals surface area contributed by atoms with Crippen LogP contribution in [-0.2, 0) is 6.54 Å². The van der Waals surface area contributed by atoms with E-state index in [1.165, 1.54) is 19.2 Å². The molecule has 1 aromatic heterocycles. The Hall–Kier alpha value is -2.15. The molecule has 2 N–H and O–H groups in total. The Labute approximate surface area is 112 Å². The Morgan fingerprint density at radius 2 is 2.37 bits per heavy atom. The second-order valence-corrected chi connectivity index (χ2v) is 4.51. The number of carboxylic acid groups (broad SMARTS) is 1. The molecule has 0 bridgehead atoms. The van der Waals surface area contributed by atoms with Gasteiger partial charge in [-0.1, -0.05) is 0 Å². The minimum absolute atomic E-state index is 0.0395. The van der Waals surface area contributed by atoms with E-state index in [9.17, 15) is 9.18 Å². The molecular formula is C12H11FN2O3S. The Kier molecular flexibility index (Phi) is 3.96. The second kappa shape index (κ2) is 5.66. The van der Waals surface area contributed by atoms with Crippen LogP contribution in [0.3, 0.4) is 0 Å². The predicted octanol–water partition coefficient (Wildman–Crippen LogP) is 2.60. The van der Waals surface area contributed by atoms with E-state index in [1.807, 2.05) is 0 Å². The van der Waals surface area contributed by atoms with Gasteiger partial charge in [-0.15, -0.1) is 11.3 Å². The van der Waals surface area contributed by atoms with Gasteiger partial charge in [-0.2, -0.15) is 0 Å². The van der Waals surface area contributed by atoms with Gasteiger partial charge in [0.15, 0.2) is 11.6 Å². The van der Waals surface area contributed by atoms with Gasteiger partial charge in [0, 0.05) is 17.1 Å². The number of ether oxygens (including phenoxy) is 1. The molecule has 1 aromatic carbocycles. The quantitative estimate of drug-likeness (QED) is 0.882. The number of halogens is 1. The monoisotopic (exact) mass is 282 g/mol. The van der Waals surface area contributed by atoms with E-state index in [4.69, 9.17) is 9.84 Å². The lowest BCUT2D eigenvalue weighted by molar-refractivity contribution is 0.0696. The van der Waals surface area contributed by atoms with Crippen LogP contribution in [0.4, 0.5) is 10.1 Å². The van der Waals surface area contributed by atoms with Crippen LogP contribution in [0.5, 0.6) is 5.75 Å². The van der Waals surface area contributed by atoms with Gasteiger partial charge < -0.3 is 15.2 Å². The van der Waals surface area contributed by atoms with E-state index in [-0.39, 0.29) is 10.8 Å². The molecule has 0 saturated heterocycles. The highest BCUT2D eigenvalue weighted by atomic mass is 32.1. The number of hydrogen-bond acceptors (Lipinski definition) is 5. The van der Waals surface area contributed by atoms with Crippen molar-refractivity contribution in [3.8, 4) is 5.75 Å². The summed E-state index contributed by atoms with van der Waals surface area (Å²) in [5.74, 6) is -1.34. The van der Waals surface area contributed by atoms with Crippen molar-refractivity contribution in [2.45, 2.75) is 6.54 Å². The molecule has 0 spiro atoms. The van der Waals surface area contributed by atoms with Crippen LogP contribution in [0.1, 0.15) is 15.5 Å². The van der Waals surface area contributed by atoms with Gasteiger partial charge in [0.1, 0.15) is 0 Å². The molecule has 0 aliphatic rings. The molecule has 0 saturated carbocycles. The number of nitrogens with one attached hydrogen (secondary N) is 1. The van der Waals surface area contributed by atoms with Crippen molar-refractivity contribution < 1.29 is 19.0 Å². The smallest absolute Gasteiger partial charge is 0.365 e. The van der Waals surface area contributed by atoms with Crippen LogP contribution in [0.15, 0.2) is 23.6 Å². The molecule has 2 aromatic rings. The van der Waals surface area contributed by atoms with Crippen LogP contribution in [0, 0.1) is 5.82 Å². The summed E-state index contributed by atoms with van der Waals surface area (Å²) in [6.07, 6.45) is 0. The first-order valence-corrected chi connectivity index (χ1v) is 6.23. The van der Waals surface area contributed by atoms with Crippen molar-refractivity contribution in [2.75, 3.05) is 12.4 Å². The summed E-state index contributed by atoms with van der Waals surface area (Å²) >= 11 is 1.06. The van der Waals surface area contributed by atoms with Crippen LogP contribution in [0.2, 0.25) is 0 Å². The number of aromatic carboxylic acids is 1. The zero-order valence-electron chi connectivity index (χ0n) is 10.0. The average Bonchev–Trinajstić information content (AvgIpc) is 2.85. The number of aromatic nitrogens is 1. The van der Waals surface area contributed by atoms with Crippen LogP contribution in [-0.4, -0.2) is 23.2 Å². The Bertz CT molecular complexity index is 600. The van der Waals surface area contributed by atoms with Gasteiger partial charge in [0.25, 0.3) is 0 Å². The van der Waals surface area contributed by atoms with Crippen molar-refractivity contribution in [2.24, 2.45) is 0 Å². The van der Waals surface area contributed by atoms with Crippen molar-refractivity contribution in [1.29, 1.82) is 0 Å². The molecular weight excluding hydrogens is 271 g/mol. The summed E-state index contributed by atoms with van der Waals surface area (Å²) in [4.78, 5) is 14.6. The molecule has 19 heavy (non-hydrogen) atoms. The summed E-state index contributed by atoms with van der Waals surface area (Å²) in [5, 5.41) is 13.4. The SMILES string of the molecule is COc1ccc(NCc2csc(C(=O)O)n2)cc1F. The maximum atomic E-state index is 13.4. The van der Waals surface area contributed by atoms with Crippen molar-refractivity contribution in [1.82, 2.24) is 4.98 Å². The number of hydrogen-bond donors (Lipinski definition) is 2. The van der Waals surface area contributed by atoms with Gasteiger partial charge in [-0.3, -0.25) is 0 Å². The lowest BCUT2D eigenvalue weighted by atomic mass is 10.3. The Morgan fingerprint density at radius 3 is 2.95 bits per heavy atom. The molecule has 0 radical (unpaired) electrons. The molecule has 0 aliphatic carbocycles. The number of benzene rings is 1. The third-order valence-corrected chi connectivity index (χ3v) is 3.24. The number of thiazole rings is 1. The van der Waals surface area contributed by atoms with Crippen LogP contribution >= 0.6 is 11.3 Å². The fraction of sp³-hybridized carbons (Fsp3) is 0.167. The van der Waals surface area contributed by atoms with Gasteiger partial charge in [0.05, 0.1) is 19.3 Å². The number of nitrogens with zero attached hydrogens (tertiary/aromatic N) is 1. The minimum atomic E-state index is -1.05. The molecule has 0 amide bonds. The molecule has 0 atom stereocenters. The maximum Gasteiger partial charge on any atom is 0.365 e. The first kappa shape index (κ1) is 13.3. The first-order valence-electron chi connectivity index (χ1n) is 5.35. The van der Waals surface area contributed by atoms with E-state index in [1.54, 1.807) is 11.4 Å². The second-order valence-electron chi connectivity index (χ2n) is 3.65. The van der Waals surface area contributed by atoms with E-state index in [2.05, 4.69) is 10.3 Å². The van der Waals surface area contributed by atoms with Crippen molar-refractivity contribution in [3.63, 3.8) is 0 Å². The van der Waals surface area contributed by atoms with Gasteiger partial charge in [0.2, 0.25) is 5.01 Å². The van der Waals surface area contributed by atoms with Crippen LogP contribution in [0.25, 0.3) is 0 Å². The Morgan fingerprint density at radius 1 is 1.58 bits per heavy atom. The standard InChI is InChI=1S/C12H11FN2O3S/c1-18-10-3-2-7(4-9(10)13)14-5-8-6-19-11(15-8)12(16)17/h2-4,6,14H,5H2,1H3,(H,16,17). The third-order valence-electron chi connectivity index (χ3n) is 2.36. The first-order chi connectivity index (χ1) is 9.10. The molecule has 0 unspecified atom stereocenters. The zero-order chi connectivity index (χ0) is 13.8. The molecule has 5 nitrogen and oxygen atoms in total. The molecule has 1 heterocycles. The summed E-state index contributed by atoms with van der Waals surface area (Å²) in [7, 11) is 1.40. The number of anilines is 1. The summed E-state index contributed by atoms with van der Waals surface area (Å²) in [6, 6.07) is 4.50. The zero-order valence-corrected chi connectivity index (χ0v) is 10.8. The summed E-state index contributed by atoms with van der Waals surface area (Å²) in [6.45, 7) is 0.329. The third kappa shape index (κ3) is 3.19. The normalized spacial score (nSPS) is 10.2. The highest BCUT2D eigenvalue weighted by Crippen LogP contribution is 2.21. The fourth-order valence-corrected chi connectivity index (χ4v) is 2.11. The number of methoxy groups -OCH3 is 1. The lowest BCUT2D eigenvalue weighted by Gasteiger charge is -2.06. The highest BCUT2D eigenvalue weighted by molar-refractivity contribution is 7.11. The lowest BCUT2D eigenvalue weighted by Crippen LogP contribution is -2.02. The minimum Gasteiger partial charge on any atom is -0.494 e. The van der Waals surface area contributed by atoms with Crippen molar-refractivity contribution in [3.05, 3.63) is 40.1 Å². The van der Waals surface area contributed by atoms with Crippen molar-refractivity contribution >= 4 is 23.0 Å². The molecule has 2 rings (SSSR count). The summed E-state index contributed by atoms with van der Waals surface area (Å²) in [5.41, 5.74) is 1.17. The van der Waals surface area contributed by atoms with E-state index in [0.717, 1.165) is 11.3 Å². The van der Waals surface area contributed by atoms with E-state index >= 15 is 0 Å². The number of carbonyl (C=O) groups is 1. The number of carboxylic acids is 1. The average molecular weight is 282 g/mol. The van der Waals surface area contributed by atoms with Gasteiger partial charge in [-0.05, 0) is 12.1 Å². The molecule has 0 aliphatic heterocycles. The van der Waals surface area contributed by atoms with E-state index < -0.39 is 11.8 Å².